The molecule has 1 N–H and O–H groups in total. The second-order valence-corrected chi connectivity index (χ2v) is 5.74. The number of fused-ring (bicyclic) bond motifs is 1. The number of morpholine rings is 1. The lowest BCUT2D eigenvalue weighted by atomic mass is 10.2. The van der Waals surface area contributed by atoms with Crippen LogP contribution >= 0.6 is 0 Å². The summed E-state index contributed by atoms with van der Waals surface area (Å²) in [5.41, 5.74) is 1.51. The van der Waals surface area contributed by atoms with Crippen LogP contribution in [0.5, 0.6) is 11.5 Å². The van der Waals surface area contributed by atoms with Crippen molar-refractivity contribution < 1.29 is 19.0 Å². The van der Waals surface area contributed by atoms with Crippen LogP contribution in [0, 0.1) is 0 Å². The Morgan fingerprint density at radius 3 is 2.68 bits per heavy atom. The number of carbonyl (C=O) groups is 1. The summed E-state index contributed by atoms with van der Waals surface area (Å²) in [5.74, 6) is 1.90. The van der Waals surface area contributed by atoms with Crippen molar-refractivity contribution in [1.82, 2.24) is 14.9 Å². The molecule has 1 amide bonds. The van der Waals surface area contributed by atoms with Crippen LogP contribution in [0.2, 0.25) is 0 Å². The SMILES string of the molecule is O=C(c1cnc(NCc2ccc3c(c2)OCO3)nc1)N1CCOCC1. The van der Waals surface area contributed by atoms with Gasteiger partial charge < -0.3 is 24.4 Å². The minimum atomic E-state index is -0.0642. The van der Waals surface area contributed by atoms with Gasteiger partial charge in [0, 0.05) is 32.0 Å². The number of nitrogens with zero attached hydrogens (tertiary/aromatic N) is 3. The quantitative estimate of drug-likeness (QED) is 0.896. The number of benzene rings is 1. The average Bonchev–Trinajstić information content (AvgIpc) is 3.15. The van der Waals surface area contributed by atoms with Gasteiger partial charge >= 0.3 is 0 Å². The van der Waals surface area contributed by atoms with E-state index < -0.39 is 0 Å². The van der Waals surface area contributed by atoms with Crippen LogP contribution in [-0.2, 0) is 11.3 Å². The smallest absolute Gasteiger partial charge is 0.257 e. The van der Waals surface area contributed by atoms with Crippen LogP contribution in [0.15, 0.2) is 30.6 Å². The molecule has 25 heavy (non-hydrogen) atoms. The first-order valence-corrected chi connectivity index (χ1v) is 8.11. The molecule has 0 bridgehead atoms. The van der Waals surface area contributed by atoms with Crippen LogP contribution in [0.1, 0.15) is 15.9 Å². The van der Waals surface area contributed by atoms with E-state index in [1.807, 2.05) is 18.2 Å². The number of aromatic nitrogens is 2. The van der Waals surface area contributed by atoms with Crippen LogP contribution in [0.25, 0.3) is 0 Å². The van der Waals surface area contributed by atoms with E-state index in [1.54, 1.807) is 17.3 Å². The topological polar surface area (TPSA) is 85.8 Å². The summed E-state index contributed by atoms with van der Waals surface area (Å²) in [7, 11) is 0. The molecule has 1 saturated heterocycles. The lowest BCUT2D eigenvalue weighted by Crippen LogP contribution is -2.40. The van der Waals surface area contributed by atoms with Gasteiger partial charge in [-0.05, 0) is 17.7 Å². The first-order chi connectivity index (χ1) is 12.3. The van der Waals surface area contributed by atoms with Crippen molar-refractivity contribution in [2.45, 2.75) is 6.54 Å². The molecular formula is C17H18N4O4. The number of amides is 1. The Hall–Kier alpha value is -2.87. The lowest BCUT2D eigenvalue weighted by Gasteiger charge is -2.26. The Bertz CT molecular complexity index is 760. The monoisotopic (exact) mass is 342 g/mol. The predicted molar refractivity (Wildman–Crippen MR) is 88.6 cm³/mol. The molecule has 0 atom stereocenters. The zero-order valence-corrected chi connectivity index (χ0v) is 13.6. The van der Waals surface area contributed by atoms with Gasteiger partial charge in [0.25, 0.3) is 5.91 Å². The van der Waals surface area contributed by atoms with Gasteiger partial charge in [0.05, 0.1) is 18.8 Å². The van der Waals surface area contributed by atoms with E-state index in [0.29, 0.717) is 44.4 Å². The maximum atomic E-state index is 12.3. The normalized spacial score (nSPS) is 15.9. The molecule has 8 heteroatoms. The molecular weight excluding hydrogens is 324 g/mol. The zero-order valence-electron chi connectivity index (χ0n) is 13.6. The van der Waals surface area contributed by atoms with Gasteiger partial charge in [-0.3, -0.25) is 4.79 Å². The molecule has 1 aromatic heterocycles. The van der Waals surface area contributed by atoms with Crippen molar-refractivity contribution in [3.05, 3.63) is 41.7 Å². The Balaban J connectivity index is 1.36. The van der Waals surface area contributed by atoms with Gasteiger partial charge in [0.15, 0.2) is 11.5 Å². The van der Waals surface area contributed by atoms with E-state index in [0.717, 1.165) is 17.1 Å². The minimum absolute atomic E-state index is 0.0642. The van der Waals surface area contributed by atoms with E-state index in [4.69, 9.17) is 14.2 Å². The minimum Gasteiger partial charge on any atom is -0.454 e. The summed E-state index contributed by atoms with van der Waals surface area (Å²) in [6.45, 7) is 3.15. The zero-order chi connectivity index (χ0) is 17.1. The van der Waals surface area contributed by atoms with Crippen LogP contribution in [-0.4, -0.2) is 53.9 Å². The van der Waals surface area contributed by atoms with Crippen molar-refractivity contribution in [2.24, 2.45) is 0 Å². The summed E-state index contributed by atoms with van der Waals surface area (Å²) in [6, 6.07) is 5.76. The highest BCUT2D eigenvalue weighted by molar-refractivity contribution is 5.93. The fourth-order valence-corrected chi connectivity index (χ4v) is 2.71. The molecule has 0 radical (unpaired) electrons. The van der Waals surface area contributed by atoms with Gasteiger partial charge in [-0.25, -0.2) is 9.97 Å². The maximum absolute atomic E-state index is 12.3. The predicted octanol–water partition coefficient (Wildman–Crippen LogP) is 1.29. The van der Waals surface area contributed by atoms with E-state index >= 15 is 0 Å². The van der Waals surface area contributed by atoms with Crippen molar-refractivity contribution in [3.63, 3.8) is 0 Å². The second kappa shape index (κ2) is 6.94. The first-order valence-electron chi connectivity index (χ1n) is 8.11. The second-order valence-electron chi connectivity index (χ2n) is 5.74. The molecule has 0 aliphatic carbocycles. The Morgan fingerprint density at radius 2 is 1.88 bits per heavy atom. The summed E-state index contributed by atoms with van der Waals surface area (Å²) in [4.78, 5) is 22.5. The van der Waals surface area contributed by atoms with Gasteiger partial charge in [0.2, 0.25) is 12.7 Å². The average molecular weight is 342 g/mol. The molecule has 2 aliphatic rings. The van der Waals surface area contributed by atoms with E-state index in [-0.39, 0.29) is 12.7 Å². The van der Waals surface area contributed by atoms with Crippen LogP contribution in [0.3, 0.4) is 0 Å². The van der Waals surface area contributed by atoms with Gasteiger partial charge in [-0.15, -0.1) is 0 Å². The number of hydrogen-bond donors (Lipinski definition) is 1. The number of hydrogen-bond acceptors (Lipinski definition) is 7. The molecule has 0 saturated carbocycles. The molecule has 2 aliphatic heterocycles. The number of rotatable bonds is 4. The number of nitrogens with one attached hydrogen (secondary N) is 1. The lowest BCUT2D eigenvalue weighted by molar-refractivity contribution is 0.0302. The van der Waals surface area contributed by atoms with E-state index in [2.05, 4.69) is 15.3 Å². The number of carbonyl (C=O) groups excluding carboxylic acids is 1. The van der Waals surface area contributed by atoms with Crippen LogP contribution < -0.4 is 14.8 Å². The van der Waals surface area contributed by atoms with E-state index in [1.165, 1.54) is 0 Å². The van der Waals surface area contributed by atoms with Gasteiger partial charge in [-0.1, -0.05) is 6.07 Å². The molecule has 8 nitrogen and oxygen atoms in total. The highest BCUT2D eigenvalue weighted by Gasteiger charge is 2.19. The van der Waals surface area contributed by atoms with Crippen molar-refractivity contribution in [2.75, 3.05) is 38.4 Å². The summed E-state index contributed by atoms with van der Waals surface area (Å²) in [5, 5.41) is 3.13. The molecule has 0 unspecified atom stereocenters. The fourth-order valence-electron chi connectivity index (χ4n) is 2.71. The third-order valence-electron chi connectivity index (χ3n) is 4.08. The number of ether oxygens (including phenoxy) is 3. The summed E-state index contributed by atoms with van der Waals surface area (Å²) in [6.07, 6.45) is 3.10. The van der Waals surface area contributed by atoms with Crippen molar-refractivity contribution in [3.8, 4) is 11.5 Å². The first kappa shape index (κ1) is 15.6. The fraction of sp³-hybridized carbons (Fsp3) is 0.353. The third-order valence-corrected chi connectivity index (χ3v) is 4.08. The van der Waals surface area contributed by atoms with E-state index in [9.17, 15) is 4.79 Å². The molecule has 1 aromatic carbocycles. The molecule has 3 heterocycles. The van der Waals surface area contributed by atoms with Crippen molar-refractivity contribution >= 4 is 11.9 Å². The van der Waals surface area contributed by atoms with Gasteiger partial charge in [-0.2, -0.15) is 0 Å². The third kappa shape index (κ3) is 3.48. The highest BCUT2D eigenvalue weighted by Crippen LogP contribution is 2.32. The van der Waals surface area contributed by atoms with Crippen LogP contribution in [0.4, 0.5) is 5.95 Å². The number of anilines is 1. The Labute approximate surface area is 144 Å². The Morgan fingerprint density at radius 1 is 1.12 bits per heavy atom. The highest BCUT2D eigenvalue weighted by atomic mass is 16.7. The molecule has 0 spiro atoms. The molecule has 1 fully saturated rings. The largest absolute Gasteiger partial charge is 0.454 e. The molecule has 130 valence electrons. The molecule has 4 rings (SSSR count). The summed E-state index contributed by atoms with van der Waals surface area (Å²) < 4.78 is 15.9. The maximum Gasteiger partial charge on any atom is 0.257 e. The van der Waals surface area contributed by atoms with Gasteiger partial charge in [0.1, 0.15) is 0 Å². The van der Waals surface area contributed by atoms with Crippen molar-refractivity contribution in [1.29, 1.82) is 0 Å². The summed E-state index contributed by atoms with van der Waals surface area (Å²) >= 11 is 0. The molecule has 2 aromatic rings. The Kier molecular flexibility index (Phi) is 4.34. The standard InChI is InChI=1S/C17H18N4O4/c22-16(21-3-5-23-6-4-21)13-9-19-17(20-10-13)18-8-12-1-2-14-15(7-12)25-11-24-14/h1-2,7,9-10H,3-6,8,11H2,(H,18,19,20).